The van der Waals surface area contributed by atoms with Gasteiger partial charge in [-0.1, -0.05) is 32.9 Å². The lowest BCUT2D eigenvalue weighted by Crippen LogP contribution is -2.37. The van der Waals surface area contributed by atoms with Crippen LogP contribution in [0.15, 0.2) is 24.3 Å². The van der Waals surface area contributed by atoms with Gasteiger partial charge in [-0.2, -0.15) is 0 Å². The molecule has 2 unspecified atom stereocenters. The van der Waals surface area contributed by atoms with E-state index in [4.69, 9.17) is 0 Å². The number of Topliss-reactive ketones (excluding diaryl/α,β-unsaturated/α-hetero) is 1. The Morgan fingerprint density at radius 1 is 1.04 bits per heavy atom. The molecule has 6 nitrogen and oxygen atoms in total. The zero-order valence-electron chi connectivity index (χ0n) is 15.3. The molecule has 0 radical (unpaired) electrons. The number of aliphatic hydroxyl groups is 1. The number of carbonyl (C=O) groups excluding carboxylic acids is 3. The minimum absolute atomic E-state index is 0.0466. The van der Waals surface area contributed by atoms with Gasteiger partial charge >= 0.3 is 0 Å². The van der Waals surface area contributed by atoms with Gasteiger partial charge in [0.15, 0.2) is 5.78 Å². The van der Waals surface area contributed by atoms with Gasteiger partial charge in [0.2, 0.25) is 5.91 Å². The number of aliphatic hydroxyl groups excluding tert-OH is 1. The number of rotatable bonds is 9. The summed E-state index contributed by atoms with van der Waals surface area (Å²) in [6, 6.07) is 6.41. The van der Waals surface area contributed by atoms with Gasteiger partial charge in [0.25, 0.3) is 5.91 Å². The van der Waals surface area contributed by atoms with E-state index in [0.717, 1.165) is 0 Å². The van der Waals surface area contributed by atoms with Crippen molar-refractivity contribution in [2.45, 2.75) is 40.2 Å². The van der Waals surface area contributed by atoms with E-state index in [9.17, 15) is 19.5 Å². The predicted octanol–water partition coefficient (Wildman–Crippen LogP) is 1.78. The predicted molar refractivity (Wildman–Crippen MR) is 96.4 cm³/mol. The second kappa shape index (κ2) is 9.93. The van der Waals surface area contributed by atoms with Crippen LogP contribution in [0.3, 0.4) is 0 Å². The molecule has 0 bridgehead atoms. The first-order valence-corrected chi connectivity index (χ1v) is 8.55. The monoisotopic (exact) mass is 348 g/mol. The highest BCUT2D eigenvalue weighted by molar-refractivity contribution is 5.99. The summed E-state index contributed by atoms with van der Waals surface area (Å²) in [5, 5.41) is 15.5. The van der Waals surface area contributed by atoms with Crippen LogP contribution in [0.4, 0.5) is 0 Å². The minimum Gasteiger partial charge on any atom is -0.391 e. The Morgan fingerprint density at radius 2 is 1.68 bits per heavy atom. The van der Waals surface area contributed by atoms with E-state index in [2.05, 4.69) is 10.6 Å². The lowest BCUT2D eigenvalue weighted by molar-refractivity contribution is -0.125. The second-order valence-corrected chi connectivity index (χ2v) is 6.78. The van der Waals surface area contributed by atoms with Crippen LogP contribution in [0.2, 0.25) is 0 Å². The first kappa shape index (κ1) is 20.8. The van der Waals surface area contributed by atoms with Gasteiger partial charge in [-0.25, -0.2) is 0 Å². The molecule has 6 heteroatoms. The van der Waals surface area contributed by atoms with Gasteiger partial charge in [-0.05, 0) is 31.4 Å². The molecule has 1 aromatic carbocycles. The Hall–Kier alpha value is -2.21. The van der Waals surface area contributed by atoms with Crippen molar-refractivity contribution >= 4 is 17.6 Å². The molecule has 138 valence electrons. The molecule has 0 aliphatic heterocycles. The smallest absolute Gasteiger partial charge is 0.251 e. The highest BCUT2D eigenvalue weighted by Crippen LogP contribution is 2.08. The Morgan fingerprint density at radius 3 is 2.28 bits per heavy atom. The number of hydrogen-bond donors (Lipinski definition) is 3. The summed E-state index contributed by atoms with van der Waals surface area (Å²) in [6.07, 6.45) is -0.558. The van der Waals surface area contributed by atoms with Crippen molar-refractivity contribution in [2.75, 3.05) is 13.1 Å². The number of ketones is 1. The van der Waals surface area contributed by atoms with E-state index in [0.29, 0.717) is 23.6 Å². The van der Waals surface area contributed by atoms with Crippen molar-refractivity contribution in [3.8, 4) is 0 Å². The summed E-state index contributed by atoms with van der Waals surface area (Å²) in [6.45, 7) is 7.85. The zero-order chi connectivity index (χ0) is 19.0. The second-order valence-electron chi connectivity index (χ2n) is 6.78. The molecule has 0 aliphatic carbocycles. The molecule has 0 heterocycles. The molecule has 0 saturated heterocycles. The Bertz CT molecular complexity index is 613. The van der Waals surface area contributed by atoms with E-state index < -0.39 is 6.10 Å². The number of carbonyl (C=O) groups is 3. The third-order valence-corrected chi connectivity index (χ3v) is 3.79. The highest BCUT2D eigenvalue weighted by atomic mass is 16.3. The van der Waals surface area contributed by atoms with E-state index in [1.54, 1.807) is 25.1 Å². The third-order valence-electron chi connectivity index (χ3n) is 3.79. The van der Waals surface area contributed by atoms with Crippen LogP contribution in [0.25, 0.3) is 0 Å². The summed E-state index contributed by atoms with van der Waals surface area (Å²) in [7, 11) is 0. The topological polar surface area (TPSA) is 95.5 Å². The van der Waals surface area contributed by atoms with Gasteiger partial charge in [0.1, 0.15) is 0 Å². The summed E-state index contributed by atoms with van der Waals surface area (Å²) in [5.74, 6) is -0.555. The van der Waals surface area contributed by atoms with Crippen molar-refractivity contribution in [3.63, 3.8) is 0 Å². The summed E-state index contributed by atoms with van der Waals surface area (Å²) in [5.41, 5.74) is 0.825. The molecule has 3 N–H and O–H groups in total. The normalized spacial score (nSPS) is 13.2. The quantitative estimate of drug-likeness (QED) is 0.593. The molecule has 25 heavy (non-hydrogen) atoms. The van der Waals surface area contributed by atoms with Crippen molar-refractivity contribution in [1.82, 2.24) is 10.6 Å². The van der Waals surface area contributed by atoms with Crippen LogP contribution in [0.5, 0.6) is 0 Å². The molecule has 2 amide bonds. The first-order valence-electron chi connectivity index (χ1n) is 8.55. The summed E-state index contributed by atoms with van der Waals surface area (Å²) >= 11 is 0. The van der Waals surface area contributed by atoms with Crippen molar-refractivity contribution in [3.05, 3.63) is 35.4 Å². The van der Waals surface area contributed by atoms with Gasteiger partial charge in [-0.15, -0.1) is 0 Å². The SMILES string of the molecule is CC(=O)c1cccc(C(=O)NCC(O)CC(C)C(=O)NCC(C)C)c1. The fourth-order valence-electron chi connectivity index (χ4n) is 2.27. The van der Waals surface area contributed by atoms with Crippen molar-refractivity contribution < 1.29 is 19.5 Å². The lowest BCUT2D eigenvalue weighted by Gasteiger charge is -2.17. The molecule has 0 aliphatic rings. The van der Waals surface area contributed by atoms with E-state index in [1.165, 1.54) is 13.0 Å². The standard InChI is InChI=1S/C19H28N2O4/c1-12(2)10-20-18(24)13(3)8-17(23)11-21-19(25)16-7-5-6-15(9-16)14(4)22/h5-7,9,12-13,17,23H,8,10-11H2,1-4H3,(H,20,24)(H,21,25). The molecule has 1 aromatic rings. The first-order chi connectivity index (χ1) is 11.7. The fourth-order valence-corrected chi connectivity index (χ4v) is 2.27. The molecular weight excluding hydrogens is 320 g/mol. The summed E-state index contributed by atoms with van der Waals surface area (Å²) < 4.78 is 0. The highest BCUT2D eigenvalue weighted by Gasteiger charge is 2.18. The van der Waals surface area contributed by atoms with Crippen LogP contribution in [0.1, 0.15) is 54.8 Å². The fraction of sp³-hybridized carbons (Fsp3) is 0.526. The molecular formula is C19H28N2O4. The molecule has 0 spiro atoms. The molecule has 0 saturated carbocycles. The molecule has 0 fully saturated rings. The van der Waals surface area contributed by atoms with Crippen LogP contribution >= 0.6 is 0 Å². The maximum Gasteiger partial charge on any atom is 0.251 e. The van der Waals surface area contributed by atoms with Gasteiger partial charge < -0.3 is 15.7 Å². The average Bonchev–Trinajstić information content (AvgIpc) is 2.57. The van der Waals surface area contributed by atoms with Gasteiger partial charge in [0, 0.05) is 30.1 Å². The number of amides is 2. The largest absolute Gasteiger partial charge is 0.391 e. The van der Waals surface area contributed by atoms with Crippen LogP contribution in [-0.4, -0.2) is 41.9 Å². The van der Waals surface area contributed by atoms with E-state index in [1.807, 2.05) is 13.8 Å². The van der Waals surface area contributed by atoms with Crippen molar-refractivity contribution in [1.29, 1.82) is 0 Å². The van der Waals surface area contributed by atoms with E-state index >= 15 is 0 Å². The minimum atomic E-state index is -0.820. The molecule has 2 atom stereocenters. The van der Waals surface area contributed by atoms with Crippen LogP contribution in [-0.2, 0) is 4.79 Å². The van der Waals surface area contributed by atoms with Gasteiger partial charge in [-0.3, -0.25) is 14.4 Å². The van der Waals surface area contributed by atoms with Crippen LogP contribution < -0.4 is 10.6 Å². The Labute approximate surface area is 149 Å². The number of benzene rings is 1. The number of nitrogens with one attached hydrogen (secondary N) is 2. The third kappa shape index (κ3) is 7.47. The Balaban J connectivity index is 2.46. The van der Waals surface area contributed by atoms with E-state index in [-0.39, 0.29) is 36.5 Å². The zero-order valence-corrected chi connectivity index (χ0v) is 15.3. The van der Waals surface area contributed by atoms with Crippen LogP contribution in [0, 0.1) is 11.8 Å². The maximum atomic E-state index is 12.1. The van der Waals surface area contributed by atoms with Crippen molar-refractivity contribution in [2.24, 2.45) is 11.8 Å². The molecule has 1 rings (SSSR count). The Kier molecular flexibility index (Phi) is 8.28. The maximum absolute atomic E-state index is 12.1. The molecule has 0 aromatic heterocycles. The van der Waals surface area contributed by atoms with Gasteiger partial charge in [0.05, 0.1) is 6.10 Å². The average molecular weight is 348 g/mol. The summed E-state index contributed by atoms with van der Waals surface area (Å²) in [4.78, 5) is 35.4. The number of hydrogen-bond acceptors (Lipinski definition) is 4. The lowest BCUT2D eigenvalue weighted by atomic mass is 10.0.